The van der Waals surface area contributed by atoms with Crippen molar-refractivity contribution in [1.82, 2.24) is 0 Å². The van der Waals surface area contributed by atoms with E-state index in [4.69, 9.17) is 0 Å². The zero-order valence-corrected chi connectivity index (χ0v) is 6.73. The van der Waals surface area contributed by atoms with Gasteiger partial charge in [-0.1, -0.05) is 13.0 Å². The van der Waals surface area contributed by atoms with Gasteiger partial charge in [-0.2, -0.15) is 0 Å². The Hall–Kier alpha value is -0.590. The molecule has 0 unspecified atom stereocenters. The van der Waals surface area contributed by atoms with Crippen LogP contribution >= 0.6 is 0 Å². The van der Waals surface area contributed by atoms with Gasteiger partial charge in [-0.15, -0.1) is 0 Å². The standard InChI is InChI=1S/C8H15N/c1-5-7(3)8(6-2)9-4/h5H,6H2,1-4H3/b7-5+,9-8-. The first-order chi connectivity index (χ1) is 4.26. The van der Waals surface area contributed by atoms with E-state index < -0.39 is 0 Å². The maximum absolute atomic E-state index is 4.13. The highest BCUT2D eigenvalue weighted by molar-refractivity contribution is 5.99. The number of allylic oxidation sites excluding steroid dienone is 2. The van der Waals surface area contributed by atoms with Gasteiger partial charge in [0.05, 0.1) is 0 Å². The Morgan fingerprint density at radius 1 is 1.56 bits per heavy atom. The monoisotopic (exact) mass is 125 g/mol. The summed E-state index contributed by atoms with van der Waals surface area (Å²) in [5.41, 5.74) is 2.50. The topological polar surface area (TPSA) is 12.4 Å². The molecule has 0 saturated heterocycles. The largest absolute Gasteiger partial charge is 0.293 e. The molecule has 0 aromatic rings. The van der Waals surface area contributed by atoms with Gasteiger partial charge in [0.1, 0.15) is 0 Å². The molecule has 9 heavy (non-hydrogen) atoms. The smallest absolute Gasteiger partial charge is 0.0367 e. The highest BCUT2D eigenvalue weighted by Gasteiger charge is 1.93. The molecule has 0 atom stereocenters. The third-order valence-corrected chi connectivity index (χ3v) is 1.49. The van der Waals surface area contributed by atoms with Crippen LogP contribution in [0.15, 0.2) is 16.6 Å². The van der Waals surface area contributed by atoms with Gasteiger partial charge >= 0.3 is 0 Å². The predicted octanol–water partition coefficient (Wildman–Crippen LogP) is 2.43. The number of hydrogen-bond donors (Lipinski definition) is 0. The molecule has 0 aromatic heterocycles. The van der Waals surface area contributed by atoms with Gasteiger partial charge in [-0.3, -0.25) is 4.99 Å². The van der Waals surface area contributed by atoms with Crippen LogP contribution in [-0.4, -0.2) is 12.8 Å². The Kier molecular flexibility index (Phi) is 4.02. The molecule has 0 radical (unpaired) electrons. The molecular weight excluding hydrogens is 110 g/mol. The first kappa shape index (κ1) is 8.41. The first-order valence-electron chi connectivity index (χ1n) is 3.35. The summed E-state index contributed by atoms with van der Waals surface area (Å²) in [6.07, 6.45) is 3.12. The molecule has 0 N–H and O–H groups in total. The zero-order valence-electron chi connectivity index (χ0n) is 6.73. The minimum Gasteiger partial charge on any atom is -0.293 e. The van der Waals surface area contributed by atoms with Crippen molar-refractivity contribution in [2.45, 2.75) is 27.2 Å². The van der Waals surface area contributed by atoms with Crippen molar-refractivity contribution in [2.24, 2.45) is 4.99 Å². The van der Waals surface area contributed by atoms with E-state index in [1.807, 2.05) is 14.0 Å². The molecule has 0 amide bonds. The Labute approximate surface area is 57.5 Å². The number of rotatable bonds is 2. The second kappa shape index (κ2) is 4.30. The van der Waals surface area contributed by atoms with E-state index in [1.165, 1.54) is 11.3 Å². The molecule has 0 spiro atoms. The van der Waals surface area contributed by atoms with Crippen molar-refractivity contribution in [3.8, 4) is 0 Å². The molecule has 0 aliphatic carbocycles. The summed E-state index contributed by atoms with van der Waals surface area (Å²) in [5.74, 6) is 0. The van der Waals surface area contributed by atoms with Crippen molar-refractivity contribution in [3.05, 3.63) is 11.6 Å². The summed E-state index contributed by atoms with van der Waals surface area (Å²) in [6.45, 7) is 6.25. The van der Waals surface area contributed by atoms with E-state index >= 15 is 0 Å². The van der Waals surface area contributed by atoms with E-state index in [-0.39, 0.29) is 0 Å². The fourth-order valence-corrected chi connectivity index (χ4v) is 0.780. The summed E-state index contributed by atoms with van der Waals surface area (Å²) < 4.78 is 0. The Balaban J connectivity index is 4.14. The van der Waals surface area contributed by atoms with Gasteiger partial charge in [0, 0.05) is 12.8 Å². The van der Waals surface area contributed by atoms with Gasteiger partial charge in [0.25, 0.3) is 0 Å². The van der Waals surface area contributed by atoms with Crippen LogP contribution in [0, 0.1) is 0 Å². The Morgan fingerprint density at radius 2 is 2.11 bits per heavy atom. The van der Waals surface area contributed by atoms with Crippen molar-refractivity contribution >= 4 is 5.71 Å². The van der Waals surface area contributed by atoms with Crippen LogP contribution in [-0.2, 0) is 0 Å². The van der Waals surface area contributed by atoms with E-state index in [1.54, 1.807) is 0 Å². The second-order valence-corrected chi connectivity index (χ2v) is 2.00. The Bertz CT molecular complexity index is 132. The summed E-state index contributed by atoms with van der Waals surface area (Å²) in [4.78, 5) is 4.13. The molecule has 0 rings (SSSR count). The summed E-state index contributed by atoms with van der Waals surface area (Å²) in [5, 5.41) is 0. The zero-order chi connectivity index (χ0) is 7.28. The van der Waals surface area contributed by atoms with Crippen LogP contribution in [0.25, 0.3) is 0 Å². The third kappa shape index (κ3) is 2.45. The van der Waals surface area contributed by atoms with Crippen LogP contribution in [0.3, 0.4) is 0 Å². The SMILES string of the molecule is C/C=C(C)/C(CC)=N\C. The average Bonchev–Trinajstić information content (AvgIpc) is 1.90. The van der Waals surface area contributed by atoms with Gasteiger partial charge in [-0.05, 0) is 25.8 Å². The lowest BCUT2D eigenvalue weighted by atomic mass is 10.1. The first-order valence-corrected chi connectivity index (χ1v) is 3.35. The minimum atomic E-state index is 1.03. The third-order valence-electron chi connectivity index (χ3n) is 1.49. The quantitative estimate of drug-likeness (QED) is 0.503. The van der Waals surface area contributed by atoms with Crippen LogP contribution in [0.1, 0.15) is 27.2 Å². The van der Waals surface area contributed by atoms with Crippen LogP contribution in [0.4, 0.5) is 0 Å². The van der Waals surface area contributed by atoms with E-state index in [9.17, 15) is 0 Å². The highest BCUT2D eigenvalue weighted by Crippen LogP contribution is 1.99. The summed E-state index contributed by atoms with van der Waals surface area (Å²) in [7, 11) is 1.84. The normalized spacial score (nSPS) is 14.2. The number of nitrogens with zero attached hydrogens (tertiary/aromatic N) is 1. The average molecular weight is 125 g/mol. The van der Waals surface area contributed by atoms with Gasteiger partial charge < -0.3 is 0 Å². The molecule has 0 aromatic carbocycles. The summed E-state index contributed by atoms with van der Waals surface area (Å²) in [6, 6.07) is 0. The van der Waals surface area contributed by atoms with Crippen molar-refractivity contribution < 1.29 is 0 Å². The van der Waals surface area contributed by atoms with Crippen LogP contribution < -0.4 is 0 Å². The van der Waals surface area contributed by atoms with Crippen molar-refractivity contribution in [3.63, 3.8) is 0 Å². The molecular formula is C8H15N. The van der Waals surface area contributed by atoms with Crippen molar-refractivity contribution in [1.29, 1.82) is 0 Å². The minimum absolute atomic E-state index is 1.03. The summed E-state index contributed by atoms with van der Waals surface area (Å²) >= 11 is 0. The van der Waals surface area contributed by atoms with E-state index in [0.717, 1.165) is 6.42 Å². The maximum atomic E-state index is 4.13. The molecule has 0 aliphatic rings. The molecule has 0 aliphatic heterocycles. The molecule has 1 heteroatoms. The molecule has 0 fully saturated rings. The molecule has 0 bridgehead atoms. The van der Waals surface area contributed by atoms with E-state index in [0.29, 0.717) is 0 Å². The lowest BCUT2D eigenvalue weighted by Gasteiger charge is -1.99. The van der Waals surface area contributed by atoms with E-state index in [2.05, 4.69) is 24.9 Å². The van der Waals surface area contributed by atoms with Crippen LogP contribution in [0.5, 0.6) is 0 Å². The number of hydrogen-bond acceptors (Lipinski definition) is 1. The maximum Gasteiger partial charge on any atom is 0.0367 e. The molecule has 1 nitrogen and oxygen atoms in total. The van der Waals surface area contributed by atoms with Gasteiger partial charge in [0.15, 0.2) is 0 Å². The predicted molar refractivity (Wildman–Crippen MR) is 43.1 cm³/mol. The fourth-order valence-electron chi connectivity index (χ4n) is 0.780. The lowest BCUT2D eigenvalue weighted by Crippen LogP contribution is -1.96. The lowest BCUT2D eigenvalue weighted by molar-refractivity contribution is 1.23. The van der Waals surface area contributed by atoms with Gasteiger partial charge in [-0.25, -0.2) is 0 Å². The molecule has 0 saturated carbocycles. The number of aliphatic imine (C=N–C) groups is 1. The molecule has 0 heterocycles. The Morgan fingerprint density at radius 3 is 2.22 bits per heavy atom. The van der Waals surface area contributed by atoms with Crippen molar-refractivity contribution in [2.75, 3.05) is 7.05 Å². The van der Waals surface area contributed by atoms with Crippen LogP contribution in [0.2, 0.25) is 0 Å². The second-order valence-electron chi connectivity index (χ2n) is 2.00. The molecule has 52 valence electrons. The van der Waals surface area contributed by atoms with Gasteiger partial charge in [0.2, 0.25) is 0 Å². The fraction of sp³-hybridized carbons (Fsp3) is 0.625. The highest BCUT2D eigenvalue weighted by atomic mass is 14.7.